The first-order valence-corrected chi connectivity index (χ1v) is 9.92. The number of methoxy groups -OCH3 is 1. The standard InChI is InChI=1S/C23H21N5O4/c1-32-13-11-24-19-10-7-17(14-21(19)28(30)31)23(29)25-18-8-5-16(6-9-18)20-15-27-12-3-2-4-22(27)26-20/h2-10,12,14-15,24H,11,13H2,1H3,(H,25,29). The molecule has 32 heavy (non-hydrogen) atoms. The normalized spacial score (nSPS) is 10.8. The Morgan fingerprint density at radius 2 is 1.97 bits per heavy atom. The number of imidazole rings is 1. The van der Waals surface area contributed by atoms with E-state index >= 15 is 0 Å². The molecule has 0 atom stereocenters. The lowest BCUT2D eigenvalue weighted by Crippen LogP contribution is -2.13. The molecule has 0 fully saturated rings. The highest BCUT2D eigenvalue weighted by Crippen LogP contribution is 2.26. The molecule has 2 aromatic heterocycles. The third kappa shape index (κ3) is 4.57. The van der Waals surface area contributed by atoms with Gasteiger partial charge in [0.1, 0.15) is 11.3 Å². The average molecular weight is 431 g/mol. The van der Waals surface area contributed by atoms with Gasteiger partial charge in [-0.3, -0.25) is 14.9 Å². The molecule has 1 amide bonds. The molecule has 2 aromatic carbocycles. The zero-order chi connectivity index (χ0) is 22.5. The van der Waals surface area contributed by atoms with E-state index in [1.165, 1.54) is 12.1 Å². The van der Waals surface area contributed by atoms with Crippen molar-refractivity contribution in [2.45, 2.75) is 0 Å². The zero-order valence-electron chi connectivity index (χ0n) is 17.3. The van der Waals surface area contributed by atoms with Gasteiger partial charge >= 0.3 is 0 Å². The molecule has 9 nitrogen and oxygen atoms in total. The number of fused-ring (bicyclic) bond motifs is 1. The number of benzene rings is 2. The Hall–Kier alpha value is -4.24. The van der Waals surface area contributed by atoms with E-state index in [2.05, 4.69) is 15.6 Å². The van der Waals surface area contributed by atoms with Gasteiger partial charge in [0.25, 0.3) is 11.6 Å². The van der Waals surface area contributed by atoms with Gasteiger partial charge in [-0.15, -0.1) is 0 Å². The number of nitro groups is 1. The van der Waals surface area contributed by atoms with E-state index in [4.69, 9.17) is 4.74 Å². The van der Waals surface area contributed by atoms with Gasteiger partial charge in [0.15, 0.2) is 0 Å². The molecular weight excluding hydrogens is 410 g/mol. The van der Waals surface area contributed by atoms with Crippen LogP contribution in [0.2, 0.25) is 0 Å². The second kappa shape index (κ2) is 9.27. The molecule has 4 rings (SSSR count). The van der Waals surface area contributed by atoms with Crippen LogP contribution in [-0.2, 0) is 4.74 Å². The van der Waals surface area contributed by atoms with Gasteiger partial charge in [-0.25, -0.2) is 4.98 Å². The second-order valence-corrected chi connectivity index (χ2v) is 7.03. The van der Waals surface area contributed by atoms with Crippen molar-refractivity contribution in [2.24, 2.45) is 0 Å². The van der Waals surface area contributed by atoms with E-state index in [0.29, 0.717) is 24.5 Å². The maximum atomic E-state index is 12.6. The zero-order valence-corrected chi connectivity index (χ0v) is 17.3. The monoisotopic (exact) mass is 431 g/mol. The third-order valence-corrected chi connectivity index (χ3v) is 4.88. The Labute approximate surface area is 183 Å². The van der Waals surface area contributed by atoms with Crippen LogP contribution in [0.5, 0.6) is 0 Å². The van der Waals surface area contributed by atoms with Crippen LogP contribution in [0.1, 0.15) is 10.4 Å². The van der Waals surface area contributed by atoms with E-state index in [1.807, 2.05) is 47.1 Å². The summed E-state index contributed by atoms with van der Waals surface area (Å²) in [6.07, 6.45) is 3.86. The number of nitro benzene ring substituents is 1. The number of hydrogen-bond donors (Lipinski definition) is 2. The highest BCUT2D eigenvalue weighted by molar-refractivity contribution is 6.05. The number of nitrogens with zero attached hydrogens (tertiary/aromatic N) is 3. The number of rotatable bonds is 8. The third-order valence-electron chi connectivity index (χ3n) is 4.88. The minimum absolute atomic E-state index is 0.170. The first-order chi connectivity index (χ1) is 15.5. The smallest absolute Gasteiger partial charge is 0.293 e. The van der Waals surface area contributed by atoms with Crippen molar-refractivity contribution in [3.8, 4) is 11.3 Å². The SMILES string of the molecule is COCCNc1ccc(C(=O)Nc2ccc(-c3cn4ccccc4n3)cc2)cc1[N+](=O)[O-]. The van der Waals surface area contributed by atoms with Crippen LogP contribution in [0, 0.1) is 10.1 Å². The van der Waals surface area contributed by atoms with Crippen LogP contribution >= 0.6 is 0 Å². The number of anilines is 2. The predicted octanol–water partition coefficient (Wildman–Crippen LogP) is 4.22. The maximum absolute atomic E-state index is 12.6. The first-order valence-electron chi connectivity index (χ1n) is 9.92. The Morgan fingerprint density at radius 1 is 1.16 bits per heavy atom. The Morgan fingerprint density at radius 3 is 2.69 bits per heavy atom. The van der Waals surface area contributed by atoms with E-state index < -0.39 is 10.8 Å². The second-order valence-electron chi connectivity index (χ2n) is 7.03. The van der Waals surface area contributed by atoms with Crippen molar-refractivity contribution in [1.29, 1.82) is 0 Å². The molecular formula is C23H21N5O4. The number of carbonyl (C=O) groups is 1. The van der Waals surface area contributed by atoms with E-state index in [-0.39, 0.29) is 11.3 Å². The molecule has 0 aliphatic heterocycles. The van der Waals surface area contributed by atoms with Crippen molar-refractivity contribution in [3.63, 3.8) is 0 Å². The van der Waals surface area contributed by atoms with E-state index in [0.717, 1.165) is 16.9 Å². The van der Waals surface area contributed by atoms with Crippen molar-refractivity contribution in [2.75, 3.05) is 30.9 Å². The molecule has 0 unspecified atom stereocenters. The fraction of sp³-hybridized carbons (Fsp3) is 0.130. The first kappa shape index (κ1) is 21.0. The van der Waals surface area contributed by atoms with Gasteiger partial charge in [0.05, 0.1) is 17.2 Å². The van der Waals surface area contributed by atoms with Crippen molar-refractivity contribution in [3.05, 3.63) is 88.7 Å². The highest BCUT2D eigenvalue weighted by atomic mass is 16.6. The molecule has 0 bridgehead atoms. The molecule has 0 aliphatic carbocycles. The van der Waals surface area contributed by atoms with Crippen LogP contribution in [0.4, 0.5) is 17.1 Å². The van der Waals surface area contributed by atoms with E-state index in [1.54, 1.807) is 25.3 Å². The molecule has 0 radical (unpaired) electrons. The van der Waals surface area contributed by atoms with Crippen LogP contribution in [-0.4, -0.2) is 40.5 Å². The number of ether oxygens (including phenoxy) is 1. The van der Waals surface area contributed by atoms with Crippen LogP contribution < -0.4 is 10.6 Å². The molecule has 4 aromatic rings. The summed E-state index contributed by atoms with van der Waals surface area (Å²) in [6, 6.07) is 17.4. The van der Waals surface area contributed by atoms with Crippen LogP contribution in [0.3, 0.4) is 0 Å². The summed E-state index contributed by atoms with van der Waals surface area (Å²) >= 11 is 0. The summed E-state index contributed by atoms with van der Waals surface area (Å²) in [5, 5.41) is 17.1. The summed E-state index contributed by atoms with van der Waals surface area (Å²) in [6.45, 7) is 0.825. The maximum Gasteiger partial charge on any atom is 0.293 e. The number of nitrogens with one attached hydrogen (secondary N) is 2. The molecule has 2 heterocycles. The molecule has 162 valence electrons. The molecule has 0 aliphatic rings. The number of aromatic nitrogens is 2. The minimum atomic E-state index is -0.518. The summed E-state index contributed by atoms with van der Waals surface area (Å²) in [7, 11) is 1.55. The van der Waals surface area contributed by atoms with Crippen molar-refractivity contribution in [1.82, 2.24) is 9.38 Å². The molecule has 2 N–H and O–H groups in total. The van der Waals surface area contributed by atoms with Gasteiger partial charge in [0, 0.05) is 48.9 Å². The lowest BCUT2D eigenvalue weighted by atomic mass is 10.1. The van der Waals surface area contributed by atoms with Crippen molar-refractivity contribution >= 4 is 28.6 Å². The lowest BCUT2D eigenvalue weighted by Gasteiger charge is -2.09. The van der Waals surface area contributed by atoms with E-state index in [9.17, 15) is 14.9 Å². The van der Waals surface area contributed by atoms with Gasteiger partial charge in [0.2, 0.25) is 0 Å². The van der Waals surface area contributed by atoms with Crippen LogP contribution in [0.15, 0.2) is 73.1 Å². The highest BCUT2D eigenvalue weighted by Gasteiger charge is 2.17. The fourth-order valence-electron chi connectivity index (χ4n) is 3.26. The quantitative estimate of drug-likeness (QED) is 0.245. The molecule has 0 saturated carbocycles. The Bertz CT molecular complexity index is 1230. The van der Waals surface area contributed by atoms with Gasteiger partial charge < -0.3 is 19.8 Å². The van der Waals surface area contributed by atoms with Gasteiger partial charge in [-0.1, -0.05) is 18.2 Å². The number of hydrogen-bond acceptors (Lipinski definition) is 6. The number of pyridine rings is 1. The summed E-state index contributed by atoms with van der Waals surface area (Å²) in [5.74, 6) is -0.433. The summed E-state index contributed by atoms with van der Waals surface area (Å²) in [4.78, 5) is 28.1. The Balaban J connectivity index is 1.48. The predicted molar refractivity (Wildman–Crippen MR) is 122 cm³/mol. The largest absolute Gasteiger partial charge is 0.383 e. The fourth-order valence-corrected chi connectivity index (χ4v) is 3.26. The lowest BCUT2D eigenvalue weighted by molar-refractivity contribution is -0.384. The molecule has 9 heteroatoms. The van der Waals surface area contributed by atoms with Gasteiger partial charge in [-0.2, -0.15) is 0 Å². The average Bonchev–Trinajstić information content (AvgIpc) is 3.24. The van der Waals surface area contributed by atoms with Crippen LogP contribution in [0.25, 0.3) is 16.9 Å². The van der Waals surface area contributed by atoms with Gasteiger partial charge in [-0.05, 0) is 36.4 Å². The molecule has 0 saturated heterocycles. The molecule has 0 spiro atoms. The van der Waals surface area contributed by atoms with Crippen molar-refractivity contribution < 1.29 is 14.5 Å². The Kier molecular flexibility index (Phi) is 6.09. The number of carbonyl (C=O) groups excluding carboxylic acids is 1. The number of amides is 1. The summed E-state index contributed by atoms with van der Waals surface area (Å²) < 4.78 is 6.88. The minimum Gasteiger partial charge on any atom is -0.383 e. The summed E-state index contributed by atoms with van der Waals surface area (Å²) in [5.41, 5.74) is 3.51. The topological polar surface area (TPSA) is 111 Å².